The third-order valence-corrected chi connectivity index (χ3v) is 1.15. The van der Waals surface area contributed by atoms with Crippen molar-refractivity contribution >= 4 is 0 Å². The SMILES string of the molecule is N#CCC1C=CC=C1. The van der Waals surface area contributed by atoms with Crippen LogP contribution < -0.4 is 0 Å². The Morgan fingerprint density at radius 3 is 2.50 bits per heavy atom. The molecular weight excluding hydrogens is 98.1 g/mol. The van der Waals surface area contributed by atoms with E-state index in [9.17, 15) is 0 Å². The van der Waals surface area contributed by atoms with Crippen LogP contribution >= 0.6 is 0 Å². The van der Waals surface area contributed by atoms with Crippen LogP contribution in [0.2, 0.25) is 0 Å². The van der Waals surface area contributed by atoms with Gasteiger partial charge in [0.1, 0.15) is 0 Å². The van der Waals surface area contributed by atoms with E-state index >= 15 is 0 Å². The molecule has 0 aliphatic heterocycles. The molecule has 1 aliphatic carbocycles. The van der Waals surface area contributed by atoms with Crippen LogP contribution in [-0.4, -0.2) is 0 Å². The fraction of sp³-hybridized carbons (Fsp3) is 0.286. The van der Waals surface area contributed by atoms with Crippen LogP contribution in [0.5, 0.6) is 0 Å². The number of rotatable bonds is 1. The molecule has 0 fully saturated rings. The third-order valence-electron chi connectivity index (χ3n) is 1.15. The van der Waals surface area contributed by atoms with Crippen molar-refractivity contribution in [1.29, 1.82) is 5.26 Å². The van der Waals surface area contributed by atoms with Crippen LogP contribution in [0.3, 0.4) is 0 Å². The van der Waals surface area contributed by atoms with Gasteiger partial charge in [-0.3, -0.25) is 0 Å². The quantitative estimate of drug-likeness (QED) is 0.497. The molecule has 0 spiro atoms. The van der Waals surface area contributed by atoms with E-state index in [1.807, 2.05) is 24.3 Å². The lowest BCUT2D eigenvalue weighted by Gasteiger charge is -1.91. The van der Waals surface area contributed by atoms with Gasteiger partial charge in [0, 0.05) is 12.3 Å². The van der Waals surface area contributed by atoms with Gasteiger partial charge in [0.25, 0.3) is 0 Å². The van der Waals surface area contributed by atoms with Crippen LogP contribution in [0.1, 0.15) is 6.42 Å². The van der Waals surface area contributed by atoms with Crippen molar-refractivity contribution in [1.82, 2.24) is 0 Å². The summed E-state index contributed by atoms with van der Waals surface area (Å²) in [6.45, 7) is 0. The Morgan fingerprint density at radius 1 is 1.38 bits per heavy atom. The smallest absolute Gasteiger partial charge is 0.0631 e. The molecule has 0 radical (unpaired) electrons. The molecule has 40 valence electrons. The maximum absolute atomic E-state index is 8.21. The Balaban J connectivity index is 2.41. The van der Waals surface area contributed by atoms with E-state index in [-0.39, 0.29) is 0 Å². The summed E-state index contributed by atoms with van der Waals surface area (Å²) in [5.41, 5.74) is 0. The van der Waals surface area contributed by atoms with Crippen molar-refractivity contribution in [2.24, 2.45) is 5.92 Å². The molecule has 0 saturated carbocycles. The molecule has 0 heterocycles. The summed E-state index contributed by atoms with van der Waals surface area (Å²) in [4.78, 5) is 0. The minimum absolute atomic E-state index is 0.389. The number of nitriles is 1. The van der Waals surface area contributed by atoms with Crippen LogP contribution in [0.25, 0.3) is 0 Å². The highest BCUT2D eigenvalue weighted by Gasteiger charge is 1.99. The fourth-order valence-electron chi connectivity index (χ4n) is 0.719. The van der Waals surface area contributed by atoms with E-state index in [1.54, 1.807) is 0 Å². The van der Waals surface area contributed by atoms with Gasteiger partial charge in [0.05, 0.1) is 6.07 Å². The number of hydrogen-bond acceptors (Lipinski definition) is 1. The second-order valence-electron chi connectivity index (χ2n) is 1.80. The van der Waals surface area contributed by atoms with Gasteiger partial charge >= 0.3 is 0 Å². The average molecular weight is 105 g/mol. The molecule has 0 unspecified atom stereocenters. The van der Waals surface area contributed by atoms with Crippen molar-refractivity contribution in [3.05, 3.63) is 24.3 Å². The molecule has 1 nitrogen and oxygen atoms in total. The van der Waals surface area contributed by atoms with Crippen LogP contribution in [0.15, 0.2) is 24.3 Å². The summed E-state index contributed by atoms with van der Waals surface area (Å²) in [5.74, 6) is 0.389. The van der Waals surface area contributed by atoms with Gasteiger partial charge < -0.3 is 0 Å². The molecule has 0 amide bonds. The number of allylic oxidation sites excluding steroid dienone is 4. The minimum atomic E-state index is 0.389. The molecule has 1 heteroatoms. The summed E-state index contributed by atoms with van der Waals surface area (Å²) in [6.07, 6.45) is 8.63. The highest BCUT2D eigenvalue weighted by molar-refractivity contribution is 5.18. The van der Waals surface area contributed by atoms with Gasteiger partial charge in [-0.05, 0) is 0 Å². The Kier molecular flexibility index (Phi) is 1.48. The van der Waals surface area contributed by atoms with Crippen molar-refractivity contribution < 1.29 is 0 Å². The van der Waals surface area contributed by atoms with E-state index < -0.39 is 0 Å². The zero-order valence-corrected chi connectivity index (χ0v) is 4.54. The number of hydrogen-bond donors (Lipinski definition) is 0. The second kappa shape index (κ2) is 2.32. The molecule has 1 rings (SSSR count). The highest BCUT2D eigenvalue weighted by Crippen LogP contribution is 2.11. The molecule has 0 aromatic heterocycles. The predicted octanol–water partition coefficient (Wildman–Crippen LogP) is 1.64. The van der Waals surface area contributed by atoms with Gasteiger partial charge in [-0.25, -0.2) is 0 Å². The highest BCUT2D eigenvalue weighted by atomic mass is 14.2. The van der Waals surface area contributed by atoms with Crippen molar-refractivity contribution in [2.45, 2.75) is 6.42 Å². The lowest BCUT2D eigenvalue weighted by atomic mass is 10.1. The molecular formula is C7H7N. The van der Waals surface area contributed by atoms with E-state index in [0.717, 1.165) is 0 Å². The number of nitrogens with zero attached hydrogens (tertiary/aromatic N) is 1. The van der Waals surface area contributed by atoms with Gasteiger partial charge in [0.15, 0.2) is 0 Å². The minimum Gasteiger partial charge on any atom is -0.198 e. The summed E-state index contributed by atoms with van der Waals surface area (Å²) in [5, 5.41) is 8.21. The zero-order valence-electron chi connectivity index (χ0n) is 4.54. The summed E-state index contributed by atoms with van der Waals surface area (Å²) in [7, 11) is 0. The van der Waals surface area contributed by atoms with Crippen LogP contribution in [0, 0.1) is 17.2 Å². The molecule has 1 aliphatic rings. The van der Waals surface area contributed by atoms with Crippen LogP contribution in [-0.2, 0) is 0 Å². The van der Waals surface area contributed by atoms with E-state index in [0.29, 0.717) is 12.3 Å². The summed E-state index contributed by atoms with van der Waals surface area (Å²) < 4.78 is 0. The van der Waals surface area contributed by atoms with Gasteiger partial charge in [0.2, 0.25) is 0 Å². The Labute approximate surface area is 48.9 Å². The molecule has 0 atom stereocenters. The summed E-state index contributed by atoms with van der Waals surface area (Å²) >= 11 is 0. The van der Waals surface area contributed by atoms with Crippen LogP contribution in [0.4, 0.5) is 0 Å². The molecule has 0 bridgehead atoms. The fourth-order valence-corrected chi connectivity index (χ4v) is 0.719. The second-order valence-corrected chi connectivity index (χ2v) is 1.80. The Bertz CT molecular complexity index is 148. The predicted molar refractivity (Wildman–Crippen MR) is 32.0 cm³/mol. The molecule has 0 N–H and O–H groups in total. The first kappa shape index (κ1) is 5.11. The monoisotopic (exact) mass is 105 g/mol. The van der Waals surface area contributed by atoms with Crippen molar-refractivity contribution in [3.8, 4) is 6.07 Å². The largest absolute Gasteiger partial charge is 0.198 e. The van der Waals surface area contributed by atoms with E-state index in [2.05, 4.69) is 6.07 Å². The maximum Gasteiger partial charge on any atom is 0.0631 e. The maximum atomic E-state index is 8.21. The lowest BCUT2D eigenvalue weighted by molar-refractivity contribution is 0.855. The van der Waals surface area contributed by atoms with Gasteiger partial charge in [-0.15, -0.1) is 0 Å². The van der Waals surface area contributed by atoms with Gasteiger partial charge in [-0.2, -0.15) is 5.26 Å². The molecule has 0 saturated heterocycles. The standard InChI is InChI=1S/C7H7N/c8-6-5-7-3-1-2-4-7/h1-4,7H,5H2. The third kappa shape index (κ3) is 0.974. The van der Waals surface area contributed by atoms with Gasteiger partial charge in [-0.1, -0.05) is 24.3 Å². The first-order chi connectivity index (χ1) is 3.93. The first-order valence-corrected chi connectivity index (χ1v) is 2.65. The topological polar surface area (TPSA) is 23.8 Å². The Morgan fingerprint density at radius 2 is 2.00 bits per heavy atom. The normalized spacial score (nSPS) is 16.9. The van der Waals surface area contributed by atoms with Crippen molar-refractivity contribution in [3.63, 3.8) is 0 Å². The first-order valence-electron chi connectivity index (χ1n) is 2.65. The van der Waals surface area contributed by atoms with E-state index in [1.165, 1.54) is 0 Å². The van der Waals surface area contributed by atoms with Crippen molar-refractivity contribution in [2.75, 3.05) is 0 Å². The summed E-state index contributed by atoms with van der Waals surface area (Å²) in [6, 6.07) is 2.11. The average Bonchev–Trinajstić information content (AvgIpc) is 2.19. The Hall–Kier alpha value is -1.03. The lowest BCUT2D eigenvalue weighted by Crippen LogP contribution is -1.83. The molecule has 0 aromatic carbocycles. The van der Waals surface area contributed by atoms with E-state index in [4.69, 9.17) is 5.26 Å². The molecule has 8 heavy (non-hydrogen) atoms. The zero-order chi connectivity index (χ0) is 5.82. The molecule has 0 aromatic rings.